The average molecular weight is 674 g/mol. The van der Waals surface area contributed by atoms with Gasteiger partial charge in [0.25, 0.3) is 5.91 Å². The van der Waals surface area contributed by atoms with Crippen molar-refractivity contribution in [2.75, 3.05) is 24.3 Å². The number of thiophene rings is 1. The van der Waals surface area contributed by atoms with Crippen molar-refractivity contribution in [3.8, 4) is 0 Å². The van der Waals surface area contributed by atoms with Gasteiger partial charge < -0.3 is 24.7 Å². The number of rotatable bonds is 13. The first-order valence-electron chi connectivity index (χ1n) is 13.7. The molecule has 0 radical (unpaired) electrons. The second kappa shape index (κ2) is 15.6. The predicted molar refractivity (Wildman–Crippen MR) is 168 cm³/mol. The molecule has 0 unspecified atom stereocenters. The van der Waals surface area contributed by atoms with Gasteiger partial charge in [-0.25, -0.2) is 14.0 Å². The molecule has 45 heavy (non-hydrogen) atoms. The molecule has 2 aromatic heterocycles. The van der Waals surface area contributed by atoms with E-state index < -0.39 is 29.6 Å². The van der Waals surface area contributed by atoms with E-state index in [4.69, 9.17) is 21.1 Å². The summed E-state index contributed by atoms with van der Waals surface area (Å²) in [6.07, 6.45) is 0. The first-order chi connectivity index (χ1) is 21.6. The highest BCUT2D eigenvalue weighted by molar-refractivity contribution is 7.99. The van der Waals surface area contributed by atoms with E-state index in [1.807, 2.05) is 30.3 Å². The molecule has 4 aromatic rings. The van der Waals surface area contributed by atoms with Gasteiger partial charge in [-0.05, 0) is 44.0 Å². The van der Waals surface area contributed by atoms with E-state index in [9.17, 15) is 23.6 Å². The molecule has 2 aromatic carbocycles. The highest BCUT2D eigenvalue weighted by atomic mass is 35.5. The zero-order valence-electron chi connectivity index (χ0n) is 24.5. The maximum absolute atomic E-state index is 14.3. The zero-order valence-corrected chi connectivity index (χ0v) is 26.9. The van der Waals surface area contributed by atoms with Crippen molar-refractivity contribution < 1.29 is 33.0 Å². The highest BCUT2D eigenvalue weighted by Gasteiger charge is 2.27. The van der Waals surface area contributed by atoms with Gasteiger partial charge >= 0.3 is 11.9 Å². The molecule has 15 heteroatoms. The molecule has 0 fully saturated rings. The van der Waals surface area contributed by atoms with Gasteiger partial charge in [-0.3, -0.25) is 9.59 Å². The summed E-state index contributed by atoms with van der Waals surface area (Å²) in [6, 6.07) is 13.4. The largest absolute Gasteiger partial charge is 0.462 e. The Bertz CT molecular complexity index is 1690. The summed E-state index contributed by atoms with van der Waals surface area (Å²) < 4.78 is 26.2. The van der Waals surface area contributed by atoms with Gasteiger partial charge in [0.1, 0.15) is 15.7 Å². The number of anilines is 1. The quantitative estimate of drug-likeness (QED) is 0.139. The van der Waals surface area contributed by atoms with Crippen molar-refractivity contribution in [3.05, 3.63) is 92.3 Å². The number of hydrogen-bond acceptors (Lipinski definition) is 10. The topological polar surface area (TPSA) is 142 Å². The standard InChI is InChI=1S/C30H29ClFN5O6S2/c1-4-42-28(40)23-17(3)25(29(41)43-5-2)45-27(23)34-22(38)16-44-30-36-35-21(37(30)15-18-10-7-6-8-11-18)14-33-26(39)24-19(31)12-9-13-20(24)32/h6-13H,4-5,14-16H2,1-3H3,(H,33,39)(H,34,38). The number of thioether (sulfide) groups is 1. The molecule has 0 aliphatic heterocycles. The third kappa shape index (κ3) is 8.26. The van der Waals surface area contributed by atoms with Crippen LogP contribution < -0.4 is 10.6 Å². The minimum absolute atomic E-state index is 0.0260. The van der Waals surface area contributed by atoms with E-state index in [-0.39, 0.29) is 51.5 Å². The summed E-state index contributed by atoms with van der Waals surface area (Å²) in [5.74, 6) is -2.98. The molecule has 0 bridgehead atoms. The van der Waals surface area contributed by atoms with Gasteiger partial charge in [0.2, 0.25) is 5.91 Å². The fraction of sp³-hybridized carbons (Fsp3) is 0.267. The number of nitrogens with one attached hydrogen (secondary N) is 2. The summed E-state index contributed by atoms with van der Waals surface area (Å²) in [5.41, 5.74) is 1.07. The van der Waals surface area contributed by atoms with Crippen LogP contribution in [0.5, 0.6) is 0 Å². The molecule has 4 rings (SSSR count). The van der Waals surface area contributed by atoms with Crippen LogP contribution in [0.4, 0.5) is 9.39 Å². The molecule has 0 spiro atoms. The molecule has 0 saturated carbocycles. The number of amides is 2. The molecule has 11 nitrogen and oxygen atoms in total. The predicted octanol–water partition coefficient (Wildman–Crippen LogP) is 5.50. The van der Waals surface area contributed by atoms with Gasteiger partial charge in [-0.2, -0.15) is 0 Å². The van der Waals surface area contributed by atoms with E-state index in [1.54, 1.807) is 25.3 Å². The Kier molecular flexibility index (Phi) is 11.7. The third-order valence-corrected chi connectivity index (χ3v) is 8.72. The van der Waals surface area contributed by atoms with Gasteiger partial charge in [0, 0.05) is 0 Å². The number of hydrogen-bond donors (Lipinski definition) is 2. The molecule has 0 atom stereocenters. The van der Waals surface area contributed by atoms with Crippen LogP contribution in [0.25, 0.3) is 0 Å². The van der Waals surface area contributed by atoms with Crippen LogP contribution in [-0.2, 0) is 27.4 Å². The Balaban J connectivity index is 1.52. The summed E-state index contributed by atoms with van der Waals surface area (Å²) in [5, 5.41) is 14.3. The maximum Gasteiger partial charge on any atom is 0.348 e. The molecular weight excluding hydrogens is 645 g/mol. The second-order valence-corrected chi connectivity index (χ2v) is 11.7. The number of ether oxygens (including phenoxy) is 2. The van der Waals surface area contributed by atoms with E-state index in [0.717, 1.165) is 34.7 Å². The van der Waals surface area contributed by atoms with E-state index in [0.29, 0.717) is 23.1 Å². The fourth-order valence-corrected chi connectivity index (χ4v) is 6.29. The highest BCUT2D eigenvalue weighted by Crippen LogP contribution is 2.34. The SMILES string of the molecule is CCOC(=O)c1sc(NC(=O)CSc2nnc(CNC(=O)c3c(F)cccc3Cl)n2Cc2ccccc2)c(C(=O)OCC)c1C. The van der Waals surface area contributed by atoms with Crippen molar-refractivity contribution >= 4 is 63.5 Å². The number of halogens is 2. The van der Waals surface area contributed by atoms with Crippen LogP contribution in [0.15, 0.2) is 53.7 Å². The number of carbonyl (C=O) groups is 4. The molecule has 2 heterocycles. The van der Waals surface area contributed by atoms with E-state index in [2.05, 4.69) is 20.8 Å². The Morgan fingerprint density at radius 1 is 0.978 bits per heavy atom. The molecule has 0 aliphatic rings. The lowest BCUT2D eigenvalue weighted by Crippen LogP contribution is -2.26. The zero-order chi connectivity index (χ0) is 32.5. The van der Waals surface area contributed by atoms with Gasteiger partial charge in [0.15, 0.2) is 11.0 Å². The van der Waals surface area contributed by atoms with Gasteiger partial charge in [-0.15, -0.1) is 21.5 Å². The lowest BCUT2D eigenvalue weighted by molar-refractivity contribution is -0.113. The lowest BCUT2D eigenvalue weighted by Gasteiger charge is -2.12. The summed E-state index contributed by atoms with van der Waals surface area (Å²) in [7, 11) is 0. The van der Waals surface area contributed by atoms with Crippen LogP contribution in [0.1, 0.15) is 61.2 Å². The smallest absolute Gasteiger partial charge is 0.348 e. The van der Waals surface area contributed by atoms with Crippen LogP contribution in [0, 0.1) is 12.7 Å². The number of nitrogens with zero attached hydrogens (tertiary/aromatic N) is 3. The summed E-state index contributed by atoms with van der Waals surface area (Å²) in [4.78, 5) is 51.2. The monoisotopic (exact) mass is 673 g/mol. The number of aromatic nitrogens is 3. The number of carbonyl (C=O) groups excluding carboxylic acids is 4. The lowest BCUT2D eigenvalue weighted by atomic mass is 10.1. The normalized spacial score (nSPS) is 10.8. The maximum atomic E-state index is 14.3. The molecule has 0 saturated heterocycles. The number of esters is 2. The van der Waals surface area contributed by atoms with E-state index in [1.165, 1.54) is 12.1 Å². The second-order valence-electron chi connectivity index (χ2n) is 9.29. The van der Waals surface area contributed by atoms with E-state index >= 15 is 0 Å². The molecule has 2 N–H and O–H groups in total. The Hall–Kier alpha value is -4.27. The van der Waals surface area contributed by atoms with Crippen LogP contribution in [-0.4, -0.2) is 57.5 Å². The summed E-state index contributed by atoms with van der Waals surface area (Å²) in [6.45, 7) is 5.40. The Morgan fingerprint density at radius 3 is 2.38 bits per heavy atom. The minimum Gasteiger partial charge on any atom is -0.462 e. The average Bonchev–Trinajstić information content (AvgIpc) is 3.54. The Labute approximate surface area is 271 Å². The van der Waals surface area contributed by atoms with Gasteiger partial charge in [0.05, 0.1) is 48.2 Å². The first-order valence-corrected chi connectivity index (χ1v) is 15.9. The van der Waals surface area contributed by atoms with Crippen LogP contribution in [0.3, 0.4) is 0 Å². The van der Waals surface area contributed by atoms with Crippen molar-refractivity contribution in [2.45, 2.75) is 39.0 Å². The molecule has 2 amide bonds. The first kappa shape index (κ1) is 33.6. The molecule has 236 valence electrons. The molecule has 0 aliphatic carbocycles. The Morgan fingerprint density at radius 2 is 1.69 bits per heavy atom. The fourth-order valence-electron chi connectivity index (χ4n) is 4.18. The minimum atomic E-state index is -0.755. The van der Waals surface area contributed by atoms with Crippen LogP contribution in [0.2, 0.25) is 5.02 Å². The third-order valence-electron chi connectivity index (χ3n) is 6.25. The van der Waals surface area contributed by atoms with Crippen LogP contribution >= 0.6 is 34.7 Å². The van der Waals surface area contributed by atoms with Crippen molar-refractivity contribution in [3.63, 3.8) is 0 Å². The number of benzene rings is 2. The van der Waals surface area contributed by atoms with Gasteiger partial charge in [-0.1, -0.05) is 59.8 Å². The summed E-state index contributed by atoms with van der Waals surface area (Å²) >= 11 is 8.05. The molecular formula is C30H29ClFN5O6S2. The van der Waals surface area contributed by atoms with Crippen molar-refractivity contribution in [2.24, 2.45) is 0 Å². The van der Waals surface area contributed by atoms with Crippen molar-refractivity contribution in [1.82, 2.24) is 20.1 Å². The van der Waals surface area contributed by atoms with Crippen molar-refractivity contribution in [1.29, 1.82) is 0 Å².